The van der Waals surface area contributed by atoms with Crippen LogP contribution in [0.15, 0.2) is 55.7 Å². The molecule has 0 saturated heterocycles. The third-order valence-corrected chi connectivity index (χ3v) is 2.51. The van der Waals surface area contributed by atoms with E-state index in [0.29, 0.717) is 18.1 Å². The van der Waals surface area contributed by atoms with Gasteiger partial charge in [-0.1, -0.05) is 35.9 Å². The topological polar surface area (TPSA) is 20.3 Å². The highest BCUT2D eigenvalue weighted by Crippen LogP contribution is 2.11. The van der Waals surface area contributed by atoms with Crippen molar-refractivity contribution in [1.29, 1.82) is 0 Å². The number of hydrogen-bond acceptors (Lipinski definition) is 1. The highest BCUT2D eigenvalue weighted by Gasteiger charge is 2.05. The molecule has 0 spiro atoms. The Kier molecular flexibility index (Phi) is 5.95. The van der Waals surface area contributed by atoms with E-state index in [1.54, 1.807) is 35.3 Å². The van der Waals surface area contributed by atoms with Crippen molar-refractivity contribution in [2.75, 3.05) is 13.1 Å². The van der Waals surface area contributed by atoms with Gasteiger partial charge in [0.1, 0.15) is 0 Å². The first-order valence-electron chi connectivity index (χ1n) is 5.61. The van der Waals surface area contributed by atoms with E-state index in [1.165, 1.54) is 6.08 Å². The molecule has 18 heavy (non-hydrogen) atoms. The van der Waals surface area contributed by atoms with E-state index in [-0.39, 0.29) is 5.91 Å². The summed E-state index contributed by atoms with van der Waals surface area (Å²) >= 11 is 5.87. The first-order valence-corrected chi connectivity index (χ1v) is 5.99. The Bertz CT molecular complexity index is 455. The van der Waals surface area contributed by atoms with Crippen molar-refractivity contribution in [3.63, 3.8) is 0 Å². The minimum Gasteiger partial charge on any atom is -0.332 e. The molecule has 1 aromatic carbocycles. The zero-order valence-corrected chi connectivity index (χ0v) is 10.9. The Morgan fingerprint density at radius 2 is 1.94 bits per heavy atom. The predicted molar refractivity (Wildman–Crippen MR) is 77.5 cm³/mol. The second kappa shape index (κ2) is 7.51. The van der Waals surface area contributed by atoms with E-state index < -0.39 is 0 Å². The normalized spacial score (nSPS) is 10.3. The highest BCUT2D eigenvalue weighted by molar-refractivity contribution is 6.30. The molecule has 1 amide bonds. The van der Waals surface area contributed by atoms with Crippen LogP contribution in [0.5, 0.6) is 0 Å². The first-order chi connectivity index (χ1) is 8.67. The molecule has 0 unspecified atom stereocenters. The SMILES string of the molecule is C=CCN(CC=C)C(=O)C=Cc1cccc(Cl)c1. The fourth-order valence-electron chi connectivity index (χ4n) is 1.45. The Labute approximate surface area is 113 Å². The number of carbonyl (C=O) groups excluding carboxylic acids is 1. The lowest BCUT2D eigenvalue weighted by Crippen LogP contribution is -2.29. The largest absolute Gasteiger partial charge is 0.332 e. The van der Waals surface area contributed by atoms with Gasteiger partial charge in [0.15, 0.2) is 0 Å². The second-order valence-electron chi connectivity index (χ2n) is 3.71. The van der Waals surface area contributed by atoms with Gasteiger partial charge in [0.05, 0.1) is 0 Å². The summed E-state index contributed by atoms with van der Waals surface area (Å²) < 4.78 is 0. The monoisotopic (exact) mass is 261 g/mol. The van der Waals surface area contributed by atoms with Crippen LogP contribution >= 0.6 is 11.6 Å². The average molecular weight is 262 g/mol. The Morgan fingerprint density at radius 1 is 1.28 bits per heavy atom. The van der Waals surface area contributed by atoms with Crippen molar-refractivity contribution < 1.29 is 4.79 Å². The van der Waals surface area contributed by atoms with Gasteiger partial charge in [-0.3, -0.25) is 4.79 Å². The summed E-state index contributed by atoms with van der Waals surface area (Å²) in [5.41, 5.74) is 0.896. The van der Waals surface area contributed by atoms with Crippen LogP contribution < -0.4 is 0 Å². The molecule has 0 fully saturated rings. The molecule has 1 aromatic rings. The molecule has 0 saturated carbocycles. The maximum Gasteiger partial charge on any atom is 0.247 e. The van der Waals surface area contributed by atoms with Crippen LogP contribution in [0.4, 0.5) is 0 Å². The molecular formula is C15H16ClNO. The number of benzene rings is 1. The van der Waals surface area contributed by atoms with Crippen LogP contribution in [-0.4, -0.2) is 23.9 Å². The van der Waals surface area contributed by atoms with Crippen molar-refractivity contribution in [1.82, 2.24) is 4.90 Å². The molecule has 0 atom stereocenters. The quantitative estimate of drug-likeness (QED) is 0.566. The van der Waals surface area contributed by atoms with E-state index in [4.69, 9.17) is 11.6 Å². The lowest BCUT2D eigenvalue weighted by atomic mass is 10.2. The average Bonchev–Trinajstić information content (AvgIpc) is 2.36. The van der Waals surface area contributed by atoms with Gasteiger partial charge >= 0.3 is 0 Å². The summed E-state index contributed by atoms with van der Waals surface area (Å²) in [7, 11) is 0. The van der Waals surface area contributed by atoms with Crippen molar-refractivity contribution in [2.24, 2.45) is 0 Å². The number of amides is 1. The van der Waals surface area contributed by atoms with Crippen molar-refractivity contribution >= 4 is 23.6 Å². The van der Waals surface area contributed by atoms with Gasteiger partial charge in [0.25, 0.3) is 0 Å². The summed E-state index contributed by atoms with van der Waals surface area (Å²) in [6.45, 7) is 8.26. The fraction of sp³-hybridized carbons (Fsp3) is 0.133. The molecule has 3 heteroatoms. The lowest BCUT2D eigenvalue weighted by molar-refractivity contribution is -0.124. The number of rotatable bonds is 6. The van der Waals surface area contributed by atoms with Crippen LogP contribution in [-0.2, 0) is 4.79 Å². The predicted octanol–water partition coefficient (Wildman–Crippen LogP) is 3.55. The van der Waals surface area contributed by atoms with Crippen molar-refractivity contribution in [2.45, 2.75) is 0 Å². The number of hydrogen-bond donors (Lipinski definition) is 0. The molecule has 1 rings (SSSR count). The van der Waals surface area contributed by atoms with Gasteiger partial charge in [-0.2, -0.15) is 0 Å². The molecule has 0 bridgehead atoms. The van der Waals surface area contributed by atoms with E-state index >= 15 is 0 Å². The maximum absolute atomic E-state index is 11.9. The van der Waals surface area contributed by atoms with Gasteiger partial charge in [-0.05, 0) is 23.8 Å². The molecule has 2 nitrogen and oxygen atoms in total. The van der Waals surface area contributed by atoms with E-state index in [1.807, 2.05) is 12.1 Å². The molecule has 94 valence electrons. The van der Waals surface area contributed by atoms with E-state index in [0.717, 1.165) is 5.56 Å². The lowest BCUT2D eigenvalue weighted by Gasteiger charge is -2.16. The Balaban J connectivity index is 2.72. The second-order valence-corrected chi connectivity index (χ2v) is 4.15. The summed E-state index contributed by atoms with van der Waals surface area (Å²) in [5, 5.41) is 0.652. The molecule has 0 radical (unpaired) electrons. The maximum atomic E-state index is 11.9. The minimum absolute atomic E-state index is 0.0743. The van der Waals surface area contributed by atoms with Gasteiger partial charge in [-0.15, -0.1) is 13.2 Å². The number of nitrogens with zero attached hydrogens (tertiary/aromatic N) is 1. The fourth-order valence-corrected chi connectivity index (χ4v) is 1.65. The summed E-state index contributed by atoms with van der Waals surface area (Å²) in [6, 6.07) is 7.33. The molecule has 0 N–H and O–H groups in total. The van der Waals surface area contributed by atoms with Gasteiger partial charge in [0, 0.05) is 24.2 Å². The van der Waals surface area contributed by atoms with E-state index in [9.17, 15) is 4.79 Å². The third-order valence-electron chi connectivity index (χ3n) is 2.28. The van der Waals surface area contributed by atoms with Crippen LogP contribution in [0.1, 0.15) is 5.56 Å². The molecule has 0 aliphatic heterocycles. The molecule has 0 aromatic heterocycles. The highest BCUT2D eigenvalue weighted by atomic mass is 35.5. The smallest absolute Gasteiger partial charge is 0.247 e. The minimum atomic E-state index is -0.0743. The molecule has 0 aliphatic rings. The Morgan fingerprint density at radius 3 is 2.50 bits per heavy atom. The van der Waals surface area contributed by atoms with E-state index in [2.05, 4.69) is 13.2 Å². The Hall–Kier alpha value is -1.80. The van der Waals surface area contributed by atoms with Crippen molar-refractivity contribution in [3.8, 4) is 0 Å². The van der Waals surface area contributed by atoms with Crippen LogP contribution in [0.3, 0.4) is 0 Å². The van der Waals surface area contributed by atoms with Crippen LogP contribution in [0, 0.1) is 0 Å². The third kappa shape index (κ3) is 4.60. The van der Waals surface area contributed by atoms with Gasteiger partial charge in [0.2, 0.25) is 5.91 Å². The number of carbonyl (C=O) groups is 1. The first kappa shape index (κ1) is 14.3. The zero-order chi connectivity index (χ0) is 13.4. The number of halogens is 1. The summed E-state index contributed by atoms with van der Waals surface area (Å²) in [5.74, 6) is -0.0743. The van der Waals surface area contributed by atoms with Crippen molar-refractivity contribution in [3.05, 3.63) is 66.2 Å². The molecule has 0 aliphatic carbocycles. The van der Waals surface area contributed by atoms with Crippen LogP contribution in [0.25, 0.3) is 6.08 Å². The summed E-state index contributed by atoms with van der Waals surface area (Å²) in [6.07, 6.45) is 6.65. The van der Waals surface area contributed by atoms with Crippen LogP contribution in [0.2, 0.25) is 5.02 Å². The standard InChI is InChI=1S/C15H16ClNO/c1-3-10-17(11-4-2)15(18)9-8-13-6-5-7-14(16)12-13/h3-9,12H,1-2,10-11H2. The summed E-state index contributed by atoms with van der Waals surface area (Å²) in [4.78, 5) is 13.5. The molecular weight excluding hydrogens is 246 g/mol. The zero-order valence-electron chi connectivity index (χ0n) is 10.2. The van der Waals surface area contributed by atoms with Gasteiger partial charge < -0.3 is 4.90 Å². The van der Waals surface area contributed by atoms with Gasteiger partial charge in [-0.25, -0.2) is 0 Å². The molecule has 0 heterocycles.